The number of nitrogens with zero attached hydrogens (tertiary/aromatic N) is 1. The highest BCUT2D eigenvalue weighted by Gasteiger charge is 2.39. The number of benzene rings is 2. The second-order valence-electron chi connectivity index (χ2n) is 8.97. The van der Waals surface area contributed by atoms with Crippen LogP contribution in [0.4, 0.5) is 0 Å². The number of ketones is 1. The molecule has 3 rings (SSSR count). The number of carbonyl (C=O) groups excluding carboxylic acids is 1. The maximum Gasteiger partial charge on any atom is 0.328 e. The van der Waals surface area contributed by atoms with E-state index in [1.54, 1.807) is 6.07 Å². The van der Waals surface area contributed by atoms with Crippen molar-refractivity contribution in [3.05, 3.63) is 65.7 Å². The van der Waals surface area contributed by atoms with Crippen molar-refractivity contribution >= 4 is 11.8 Å². The van der Waals surface area contributed by atoms with E-state index in [1.807, 2.05) is 42.5 Å². The molecule has 2 aromatic carbocycles. The highest BCUT2D eigenvalue weighted by Crippen LogP contribution is 2.40. The smallest absolute Gasteiger partial charge is 0.328 e. The number of hydrogen-bond acceptors (Lipinski definition) is 5. The Balaban J connectivity index is 0.00000272. The lowest BCUT2D eigenvalue weighted by Crippen LogP contribution is -2.48. The molecule has 0 amide bonds. The van der Waals surface area contributed by atoms with Gasteiger partial charge in [0.25, 0.3) is 0 Å². The standard InChI is InChI=1S/C25H32N2O4.2H2O/c1-17-15-27(12-11-25(17,2)20-9-6-10-21(28)14-20)16-19(18-7-4-3-5-8-18)13-22(29)23(26)24(30)31;;/h3-10,14,17,19,23,28H,11-13,15-16,26H2,1-2H3,(H,30,31);2*1H2/t17-,19?,23-,25+;;/m0../s1. The number of carboxylic acid groups (broad SMARTS) is 1. The van der Waals surface area contributed by atoms with Gasteiger partial charge in [0.15, 0.2) is 11.8 Å². The molecule has 1 unspecified atom stereocenters. The van der Waals surface area contributed by atoms with Crippen LogP contribution in [0.1, 0.15) is 43.7 Å². The molecule has 33 heavy (non-hydrogen) atoms. The van der Waals surface area contributed by atoms with Gasteiger partial charge >= 0.3 is 5.97 Å². The van der Waals surface area contributed by atoms with Gasteiger partial charge in [-0.05, 0) is 47.6 Å². The highest BCUT2D eigenvalue weighted by molar-refractivity contribution is 6.02. The number of rotatable bonds is 8. The molecular weight excluding hydrogens is 424 g/mol. The minimum atomic E-state index is -1.49. The third-order valence-corrected chi connectivity index (χ3v) is 6.88. The summed E-state index contributed by atoms with van der Waals surface area (Å²) in [6.07, 6.45) is 1.04. The van der Waals surface area contributed by atoms with Crippen LogP contribution < -0.4 is 5.73 Å². The lowest BCUT2D eigenvalue weighted by Gasteiger charge is -2.46. The number of piperidine rings is 1. The third kappa shape index (κ3) is 6.61. The van der Waals surface area contributed by atoms with Crippen molar-refractivity contribution in [3.63, 3.8) is 0 Å². The maximum absolute atomic E-state index is 12.4. The van der Waals surface area contributed by atoms with Crippen molar-refractivity contribution in [2.24, 2.45) is 11.7 Å². The summed E-state index contributed by atoms with van der Waals surface area (Å²) in [5.41, 5.74) is 7.68. The van der Waals surface area contributed by atoms with Gasteiger partial charge in [-0.15, -0.1) is 0 Å². The Morgan fingerprint density at radius 3 is 2.39 bits per heavy atom. The highest BCUT2D eigenvalue weighted by atomic mass is 16.4. The number of phenols is 1. The number of hydrogen-bond donors (Lipinski definition) is 3. The number of aliphatic carboxylic acids is 1. The Labute approximate surface area is 194 Å². The van der Waals surface area contributed by atoms with Gasteiger partial charge in [-0.3, -0.25) is 9.59 Å². The number of carbonyl (C=O) groups is 2. The zero-order chi connectivity index (χ0) is 22.6. The van der Waals surface area contributed by atoms with Gasteiger partial charge < -0.3 is 31.8 Å². The molecule has 0 bridgehead atoms. The van der Waals surface area contributed by atoms with Crippen LogP contribution in [-0.4, -0.2) is 63.5 Å². The van der Waals surface area contributed by atoms with E-state index in [4.69, 9.17) is 10.8 Å². The summed E-state index contributed by atoms with van der Waals surface area (Å²) in [5.74, 6) is -1.22. The van der Waals surface area contributed by atoms with Crippen LogP contribution in [0.2, 0.25) is 0 Å². The molecule has 8 nitrogen and oxygen atoms in total. The van der Waals surface area contributed by atoms with Gasteiger partial charge in [0.2, 0.25) is 0 Å². The Bertz CT molecular complexity index is 922. The summed E-state index contributed by atoms with van der Waals surface area (Å²) in [5, 5.41) is 19.0. The van der Waals surface area contributed by atoms with Crippen molar-refractivity contribution in [1.29, 1.82) is 0 Å². The number of aromatic hydroxyl groups is 1. The molecule has 0 radical (unpaired) electrons. The van der Waals surface area contributed by atoms with Gasteiger partial charge in [0.1, 0.15) is 5.75 Å². The van der Waals surface area contributed by atoms with Crippen LogP contribution in [0.25, 0.3) is 0 Å². The third-order valence-electron chi connectivity index (χ3n) is 6.88. The van der Waals surface area contributed by atoms with Crippen molar-refractivity contribution in [3.8, 4) is 5.75 Å². The van der Waals surface area contributed by atoms with E-state index in [9.17, 15) is 14.7 Å². The summed E-state index contributed by atoms with van der Waals surface area (Å²) in [6, 6.07) is 15.8. The molecule has 0 saturated carbocycles. The summed E-state index contributed by atoms with van der Waals surface area (Å²) < 4.78 is 0. The van der Waals surface area contributed by atoms with Crippen LogP contribution in [0, 0.1) is 5.92 Å². The second-order valence-corrected chi connectivity index (χ2v) is 8.97. The van der Waals surface area contributed by atoms with Crippen molar-refractivity contribution in [2.45, 2.75) is 44.1 Å². The first-order chi connectivity index (χ1) is 14.7. The monoisotopic (exact) mass is 460 g/mol. The van der Waals surface area contributed by atoms with Crippen LogP contribution in [0.3, 0.4) is 0 Å². The number of likely N-dealkylation sites (tertiary alicyclic amines) is 1. The van der Waals surface area contributed by atoms with Gasteiger partial charge in [0, 0.05) is 25.4 Å². The molecule has 8 N–H and O–H groups in total. The molecule has 2 aromatic rings. The summed E-state index contributed by atoms with van der Waals surface area (Å²) in [4.78, 5) is 25.9. The van der Waals surface area contributed by atoms with Gasteiger partial charge in [-0.25, -0.2) is 0 Å². The van der Waals surface area contributed by atoms with Gasteiger partial charge in [-0.2, -0.15) is 0 Å². The van der Waals surface area contributed by atoms with E-state index in [1.165, 1.54) is 0 Å². The zero-order valence-corrected chi connectivity index (χ0v) is 19.2. The fraction of sp³-hybridized carbons (Fsp3) is 0.440. The summed E-state index contributed by atoms with van der Waals surface area (Å²) in [6.45, 7) is 6.85. The normalized spacial score (nSPS) is 22.3. The second kappa shape index (κ2) is 11.9. The minimum Gasteiger partial charge on any atom is -0.508 e. The average molecular weight is 461 g/mol. The summed E-state index contributed by atoms with van der Waals surface area (Å²) in [7, 11) is 0. The molecule has 1 aliphatic heterocycles. The minimum absolute atomic E-state index is 0. The lowest BCUT2D eigenvalue weighted by atomic mass is 9.68. The fourth-order valence-electron chi connectivity index (χ4n) is 4.60. The molecule has 1 saturated heterocycles. The predicted octanol–water partition coefficient (Wildman–Crippen LogP) is 1.50. The van der Waals surface area contributed by atoms with Crippen LogP contribution in [0.15, 0.2) is 54.6 Å². The Hall–Kier alpha value is -2.78. The van der Waals surface area contributed by atoms with Gasteiger partial charge in [-0.1, -0.05) is 56.3 Å². The van der Waals surface area contributed by atoms with Crippen molar-refractivity contribution in [2.75, 3.05) is 19.6 Å². The number of phenolic OH excluding ortho intramolecular Hbond substituents is 1. The zero-order valence-electron chi connectivity index (χ0n) is 19.2. The van der Waals surface area contributed by atoms with Crippen molar-refractivity contribution in [1.82, 2.24) is 4.90 Å². The van der Waals surface area contributed by atoms with Crippen LogP contribution in [0.5, 0.6) is 5.75 Å². The van der Waals surface area contributed by atoms with E-state index in [2.05, 4.69) is 24.8 Å². The first-order valence-corrected chi connectivity index (χ1v) is 10.8. The molecule has 0 aromatic heterocycles. The molecule has 0 aliphatic carbocycles. The molecule has 1 aliphatic rings. The average Bonchev–Trinajstić information content (AvgIpc) is 2.75. The number of nitrogens with two attached hydrogens (primary N) is 1. The SMILES string of the molecule is C[C@H]1CN(CC(CC(=O)[C@H](N)C(=O)O)c2ccccc2)CC[C@@]1(C)c1cccc(O)c1.O.O. The first kappa shape index (κ1) is 28.3. The fourth-order valence-corrected chi connectivity index (χ4v) is 4.60. The molecule has 1 fully saturated rings. The predicted molar refractivity (Wildman–Crippen MR) is 127 cm³/mol. The molecule has 1 heterocycles. The van der Waals surface area contributed by atoms with Gasteiger partial charge in [0.05, 0.1) is 0 Å². The lowest BCUT2D eigenvalue weighted by molar-refractivity contribution is -0.142. The molecular formula is C25H36N2O6. The molecule has 0 spiro atoms. The van der Waals surface area contributed by atoms with Crippen molar-refractivity contribution < 1.29 is 30.8 Å². The van der Waals surface area contributed by atoms with E-state index in [0.29, 0.717) is 12.5 Å². The van der Waals surface area contributed by atoms with E-state index in [-0.39, 0.29) is 34.5 Å². The molecule has 182 valence electrons. The Kier molecular flexibility index (Phi) is 10.2. The quantitative estimate of drug-likeness (QED) is 0.505. The van der Waals surface area contributed by atoms with E-state index >= 15 is 0 Å². The Morgan fingerprint density at radius 1 is 1.15 bits per heavy atom. The molecule has 4 atom stereocenters. The molecule has 8 heteroatoms. The Morgan fingerprint density at radius 2 is 1.82 bits per heavy atom. The first-order valence-electron chi connectivity index (χ1n) is 10.8. The van der Waals surface area contributed by atoms with Crippen LogP contribution in [-0.2, 0) is 15.0 Å². The maximum atomic E-state index is 12.4. The number of Topliss-reactive ketones (excluding diaryl/α,β-unsaturated/α-hetero) is 1. The van der Waals surface area contributed by atoms with Crippen LogP contribution >= 0.6 is 0 Å². The van der Waals surface area contributed by atoms with E-state index in [0.717, 1.165) is 30.6 Å². The van der Waals surface area contributed by atoms with E-state index < -0.39 is 17.8 Å². The topological polar surface area (TPSA) is 167 Å². The summed E-state index contributed by atoms with van der Waals surface area (Å²) >= 11 is 0. The largest absolute Gasteiger partial charge is 0.508 e. The number of carboxylic acids is 1.